The van der Waals surface area contributed by atoms with Crippen LogP contribution in [0.3, 0.4) is 0 Å². The minimum atomic E-state index is -4.52. The van der Waals surface area contributed by atoms with Crippen molar-refractivity contribution < 1.29 is 43.1 Å². The molecule has 29 heavy (non-hydrogen) atoms. The average Bonchev–Trinajstić information content (AvgIpc) is 2.69. The third kappa shape index (κ3) is 4.51. The molecule has 1 aliphatic heterocycles. The van der Waals surface area contributed by atoms with Crippen LogP contribution in [0.25, 0.3) is 11.1 Å². The van der Waals surface area contributed by atoms with Gasteiger partial charge in [0.1, 0.15) is 35.9 Å². The Labute approximate surface area is 164 Å². The molecule has 1 saturated heterocycles. The van der Waals surface area contributed by atoms with E-state index < -0.39 is 49.2 Å². The van der Waals surface area contributed by atoms with Crippen molar-refractivity contribution in [2.75, 3.05) is 6.61 Å². The Kier molecular flexibility index (Phi) is 6.11. The predicted molar refractivity (Wildman–Crippen MR) is 93.8 cm³/mol. The summed E-state index contributed by atoms with van der Waals surface area (Å²) in [6, 6.07) is 6.98. The number of aromatic nitrogens is 1. The van der Waals surface area contributed by atoms with Crippen LogP contribution in [-0.2, 0) is 10.9 Å². The van der Waals surface area contributed by atoms with E-state index in [2.05, 4.69) is 4.98 Å². The highest BCUT2D eigenvalue weighted by Gasteiger charge is 2.44. The molecule has 1 aromatic heterocycles. The van der Waals surface area contributed by atoms with Gasteiger partial charge in [0.2, 0.25) is 6.29 Å². The molecule has 0 spiro atoms. The van der Waals surface area contributed by atoms with Gasteiger partial charge in [0.25, 0.3) is 0 Å². The maximum absolute atomic E-state index is 12.6. The quantitative estimate of drug-likeness (QED) is 0.595. The molecule has 5 atom stereocenters. The molecule has 0 unspecified atom stereocenters. The summed E-state index contributed by atoms with van der Waals surface area (Å²) in [6.45, 7) is 1.10. The second-order valence-corrected chi connectivity index (χ2v) is 6.73. The molecule has 1 aromatic carbocycles. The Hall–Kier alpha value is -2.24. The van der Waals surface area contributed by atoms with Crippen LogP contribution in [0.2, 0.25) is 0 Å². The number of pyridine rings is 1. The molecule has 0 aliphatic carbocycles. The summed E-state index contributed by atoms with van der Waals surface area (Å²) in [5.74, 6) is 0.290. The van der Waals surface area contributed by atoms with Gasteiger partial charge in [-0.25, -0.2) is 0 Å². The van der Waals surface area contributed by atoms with E-state index in [4.69, 9.17) is 9.47 Å². The number of rotatable bonds is 4. The molecule has 1 fully saturated rings. The van der Waals surface area contributed by atoms with E-state index in [9.17, 15) is 33.6 Å². The molecule has 0 saturated carbocycles. The molecule has 4 N–H and O–H groups in total. The van der Waals surface area contributed by atoms with Gasteiger partial charge in [-0.3, -0.25) is 4.98 Å². The lowest BCUT2D eigenvalue weighted by atomic mass is 9.99. The van der Waals surface area contributed by atoms with Gasteiger partial charge in [-0.15, -0.1) is 0 Å². The van der Waals surface area contributed by atoms with Gasteiger partial charge in [-0.05, 0) is 36.2 Å². The number of aliphatic hydroxyl groups excluding tert-OH is 4. The van der Waals surface area contributed by atoms with E-state index in [-0.39, 0.29) is 5.75 Å². The number of aryl methyl sites for hydroxylation is 1. The van der Waals surface area contributed by atoms with Crippen LogP contribution in [0.5, 0.6) is 5.75 Å². The minimum Gasteiger partial charge on any atom is -0.462 e. The lowest BCUT2D eigenvalue weighted by molar-refractivity contribution is -0.277. The van der Waals surface area contributed by atoms with Crippen molar-refractivity contribution in [2.24, 2.45) is 0 Å². The number of hydrogen-bond acceptors (Lipinski definition) is 7. The average molecular weight is 415 g/mol. The SMILES string of the molecule is Cc1cc(-c2ccc(C(F)(F)F)nc2)ccc1O[C@H]1O[C@H](CO)[C@@H](O)[C@H](O)[C@@H]1O. The summed E-state index contributed by atoms with van der Waals surface area (Å²) >= 11 is 0. The largest absolute Gasteiger partial charge is 0.462 e. The molecule has 158 valence electrons. The number of benzene rings is 1. The monoisotopic (exact) mass is 415 g/mol. The number of aliphatic hydroxyl groups is 4. The molecule has 2 heterocycles. The summed E-state index contributed by atoms with van der Waals surface area (Å²) in [6.07, 6.45) is -10.4. The van der Waals surface area contributed by atoms with E-state index >= 15 is 0 Å². The van der Waals surface area contributed by atoms with Gasteiger partial charge < -0.3 is 29.9 Å². The summed E-state index contributed by atoms with van der Waals surface area (Å²) in [5.41, 5.74) is 0.672. The summed E-state index contributed by atoms with van der Waals surface area (Å²) < 4.78 is 48.8. The maximum Gasteiger partial charge on any atom is 0.433 e. The first-order valence-electron chi connectivity index (χ1n) is 8.73. The smallest absolute Gasteiger partial charge is 0.433 e. The standard InChI is InChI=1S/C19H20F3NO6/c1-9-6-10(11-3-5-14(23-7-11)19(20,21)22)2-4-12(9)28-18-17(27)16(26)15(25)13(8-24)29-18/h2-7,13,15-18,24-27H,8H2,1H3/t13-,15-,16+,17+,18+/m1/s1. The van der Waals surface area contributed by atoms with Crippen LogP contribution < -0.4 is 4.74 Å². The number of nitrogens with zero attached hydrogens (tertiary/aromatic N) is 1. The molecule has 0 radical (unpaired) electrons. The molecular formula is C19H20F3NO6. The second kappa shape index (κ2) is 8.25. The van der Waals surface area contributed by atoms with E-state index in [1.165, 1.54) is 12.1 Å². The zero-order valence-corrected chi connectivity index (χ0v) is 15.2. The van der Waals surface area contributed by atoms with Gasteiger partial charge in [0.05, 0.1) is 6.61 Å². The molecule has 1 aliphatic rings. The summed E-state index contributed by atoms with van der Waals surface area (Å²) in [7, 11) is 0. The highest BCUT2D eigenvalue weighted by molar-refractivity contribution is 5.64. The van der Waals surface area contributed by atoms with Gasteiger partial charge in [-0.2, -0.15) is 13.2 Å². The highest BCUT2D eigenvalue weighted by atomic mass is 19.4. The molecule has 0 bridgehead atoms. The fraction of sp³-hybridized carbons (Fsp3) is 0.421. The van der Waals surface area contributed by atoms with Crippen LogP contribution in [0.4, 0.5) is 13.2 Å². The first-order valence-corrected chi connectivity index (χ1v) is 8.73. The van der Waals surface area contributed by atoms with Crippen LogP contribution in [0.15, 0.2) is 36.5 Å². The number of hydrogen-bond donors (Lipinski definition) is 4. The predicted octanol–water partition coefficient (Wildman–Crippen LogP) is 1.25. The Morgan fingerprint density at radius 2 is 1.72 bits per heavy atom. The van der Waals surface area contributed by atoms with Crippen molar-refractivity contribution in [1.82, 2.24) is 4.98 Å². The van der Waals surface area contributed by atoms with Gasteiger partial charge in [0, 0.05) is 11.8 Å². The Bertz CT molecular complexity index is 843. The van der Waals surface area contributed by atoms with E-state index in [1.54, 1.807) is 19.1 Å². The lowest BCUT2D eigenvalue weighted by Gasteiger charge is -2.39. The first-order chi connectivity index (χ1) is 13.6. The third-order valence-electron chi connectivity index (χ3n) is 4.65. The second-order valence-electron chi connectivity index (χ2n) is 6.73. The van der Waals surface area contributed by atoms with E-state index in [0.29, 0.717) is 16.7 Å². The van der Waals surface area contributed by atoms with Crippen LogP contribution in [-0.4, -0.2) is 62.7 Å². The Morgan fingerprint density at radius 3 is 2.28 bits per heavy atom. The molecule has 3 rings (SSSR count). The fourth-order valence-electron chi connectivity index (χ4n) is 2.98. The topological polar surface area (TPSA) is 112 Å². The zero-order chi connectivity index (χ0) is 21.3. The molecule has 7 nitrogen and oxygen atoms in total. The third-order valence-corrected chi connectivity index (χ3v) is 4.65. The van der Waals surface area contributed by atoms with Crippen molar-refractivity contribution in [3.05, 3.63) is 47.8 Å². The zero-order valence-electron chi connectivity index (χ0n) is 15.2. The van der Waals surface area contributed by atoms with E-state index in [1.807, 2.05) is 0 Å². The summed E-state index contributed by atoms with van der Waals surface area (Å²) in [5, 5.41) is 38.9. The molecular weight excluding hydrogens is 395 g/mol. The van der Waals surface area contributed by atoms with Crippen molar-refractivity contribution in [3.8, 4) is 16.9 Å². The van der Waals surface area contributed by atoms with Crippen molar-refractivity contribution in [3.63, 3.8) is 0 Å². The molecule has 10 heteroatoms. The van der Waals surface area contributed by atoms with Crippen LogP contribution >= 0.6 is 0 Å². The minimum absolute atomic E-state index is 0.290. The first kappa shape index (κ1) is 21.5. The Balaban J connectivity index is 1.78. The van der Waals surface area contributed by atoms with Gasteiger partial charge in [-0.1, -0.05) is 12.1 Å². The van der Waals surface area contributed by atoms with Gasteiger partial charge >= 0.3 is 6.18 Å². The van der Waals surface area contributed by atoms with Gasteiger partial charge in [0.15, 0.2) is 0 Å². The number of halogens is 3. The summed E-state index contributed by atoms with van der Waals surface area (Å²) in [4.78, 5) is 3.43. The lowest BCUT2D eigenvalue weighted by Crippen LogP contribution is -2.60. The van der Waals surface area contributed by atoms with E-state index in [0.717, 1.165) is 12.3 Å². The fourth-order valence-corrected chi connectivity index (χ4v) is 2.98. The van der Waals surface area contributed by atoms with Crippen LogP contribution in [0, 0.1) is 6.92 Å². The normalized spacial score (nSPS) is 27.7. The molecule has 0 amide bonds. The van der Waals surface area contributed by atoms with Crippen molar-refractivity contribution >= 4 is 0 Å². The van der Waals surface area contributed by atoms with Crippen molar-refractivity contribution in [2.45, 2.75) is 43.8 Å². The number of alkyl halides is 3. The van der Waals surface area contributed by atoms with Crippen LogP contribution in [0.1, 0.15) is 11.3 Å². The molecule has 2 aromatic rings. The maximum atomic E-state index is 12.6. The Morgan fingerprint density at radius 1 is 1.03 bits per heavy atom. The van der Waals surface area contributed by atoms with Crippen molar-refractivity contribution in [1.29, 1.82) is 0 Å². The number of ether oxygens (including phenoxy) is 2. The highest BCUT2D eigenvalue weighted by Crippen LogP contribution is 2.31.